The van der Waals surface area contributed by atoms with Gasteiger partial charge in [-0.15, -0.1) is 0 Å². The van der Waals surface area contributed by atoms with Crippen LogP contribution in [-0.4, -0.2) is 147 Å². The quantitative estimate of drug-likeness (QED) is 0.189. The third-order valence-electron chi connectivity index (χ3n) is 6.53. The maximum absolute atomic E-state index is 12.3. The summed E-state index contributed by atoms with van der Waals surface area (Å²) in [5, 5.41) is 48.9. The molecule has 216 valence electrons. The zero-order valence-electron chi connectivity index (χ0n) is 21.6. The van der Waals surface area contributed by atoms with Gasteiger partial charge in [0.2, 0.25) is 0 Å². The number of carbonyl (C=O) groups is 4. The van der Waals surface area contributed by atoms with Gasteiger partial charge in [-0.1, -0.05) is 12.1 Å². The molecule has 1 aromatic rings. The molecule has 39 heavy (non-hydrogen) atoms. The number of nitrogens with zero attached hydrogens (tertiary/aromatic N) is 5. The number of hydrogen-bond acceptors (Lipinski definition) is 10. The minimum absolute atomic E-state index is 0.0736. The van der Waals surface area contributed by atoms with Crippen molar-refractivity contribution in [1.29, 1.82) is 0 Å². The van der Waals surface area contributed by atoms with Gasteiger partial charge in [-0.05, 0) is 18.4 Å². The first-order chi connectivity index (χ1) is 18.4. The van der Waals surface area contributed by atoms with Crippen LogP contribution < -0.4 is 0 Å². The molecule has 1 aliphatic heterocycles. The molecular weight excluding hydrogens is 518 g/mol. The van der Waals surface area contributed by atoms with Crippen LogP contribution in [0.2, 0.25) is 0 Å². The van der Waals surface area contributed by atoms with Crippen molar-refractivity contribution in [1.82, 2.24) is 19.6 Å². The summed E-state index contributed by atoms with van der Waals surface area (Å²) in [6.45, 7) is 0.819. The third-order valence-corrected chi connectivity index (χ3v) is 6.53. The van der Waals surface area contributed by atoms with E-state index in [1.165, 1.54) is 12.1 Å². The molecule has 0 aliphatic carbocycles. The first-order valence-electron chi connectivity index (χ1n) is 12.5. The van der Waals surface area contributed by atoms with Crippen LogP contribution in [0.15, 0.2) is 24.3 Å². The lowest BCUT2D eigenvalue weighted by atomic mass is 10.0. The topological polar surface area (TPSA) is 205 Å². The Morgan fingerprint density at radius 1 is 0.718 bits per heavy atom. The van der Waals surface area contributed by atoms with Crippen LogP contribution in [0.4, 0.5) is 5.69 Å². The van der Waals surface area contributed by atoms with Gasteiger partial charge < -0.3 is 20.4 Å². The number of benzene rings is 1. The fourth-order valence-electron chi connectivity index (χ4n) is 4.46. The lowest BCUT2D eigenvalue weighted by molar-refractivity contribution is -0.384. The Morgan fingerprint density at radius 2 is 1.10 bits per heavy atom. The molecule has 4 N–H and O–H groups in total. The zero-order chi connectivity index (χ0) is 28.9. The summed E-state index contributed by atoms with van der Waals surface area (Å²) >= 11 is 0. The maximum Gasteiger partial charge on any atom is 0.320 e. The number of nitro benzene ring substituents is 1. The summed E-state index contributed by atoms with van der Waals surface area (Å²) in [5.41, 5.74) is 0.648. The molecule has 0 radical (unpaired) electrons. The van der Waals surface area contributed by atoms with Crippen molar-refractivity contribution in [3.8, 4) is 0 Å². The van der Waals surface area contributed by atoms with E-state index >= 15 is 0 Å². The fraction of sp³-hybridized carbons (Fsp3) is 0.583. The van der Waals surface area contributed by atoms with Gasteiger partial charge in [-0.2, -0.15) is 0 Å². The second-order valence-electron chi connectivity index (χ2n) is 9.36. The maximum atomic E-state index is 12.3. The fourth-order valence-corrected chi connectivity index (χ4v) is 4.46. The lowest BCUT2D eigenvalue weighted by Crippen LogP contribution is -2.51. The van der Waals surface area contributed by atoms with Crippen molar-refractivity contribution in [2.24, 2.45) is 0 Å². The van der Waals surface area contributed by atoms with E-state index in [4.69, 9.17) is 0 Å². The van der Waals surface area contributed by atoms with Crippen molar-refractivity contribution in [2.45, 2.75) is 18.9 Å². The summed E-state index contributed by atoms with van der Waals surface area (Å²) in [6, 6.07) is 4.87. The Bertz CT molecular complexity index is 974. The van der Waals surface area contributed by atoms with Gasteiger partial charge in [0.1, 0.15) is 6.04 Å². The van der Waals surface area contributed by atoms with Gasteiger partial charge in [0.25, 0.3) is 5.69 Å². The minimum atomic E-state index is -1.09. The molecule has 15 nitrogen and oxygen atoms in total. The van der Waals surface area contributed by atoms with E-state index in [0.717, 1.165) is 5.56 Å². The monoisotopic (exact) mass is 553 g/mol. The summed E-state index contributed by atoms with van der Waals surface area (Å²) < 4.78 is 0. The molecule has 1 aliphatic rings. The normalized spacial score (nSPS) is 17.9. The van der Waals surface area contributed by atoms with Crippen LogP contribution in [0, 0.1) is 10.1 Å². The van der Waals surface area contributed by atoms with Gasteiger partial charge >= 0.3 is 23.9 Å². The second kappa shape index (κ2) is 15.7. The van der Waals surface area contributed by atoms with E-state index in [9.17, 15) is 49.7 Å². The molecule has 15 heteroatoms. The Morgan fingerprint density at radius 3 is 1.44 bits per heavy atom. The van der Waals surface area contributed by atoms with Crippen LogP contribution in [0.3, 0.4) is 0 Å². The third kappa shape index (κ3) is 11.7. The smallest absolute Gasteiger partial charge is 0.320 e. The predicted octanol–water partition coefficient (Wildman–Crippen LogP) is -0.544. The lowest BCUT2D eigenvalue weighted by Gasteiger charge is -2.35. The van der Waals surface area contributed by atoms with Crippen molar-refractivity contribution < 1.29 is 44.5 Å². The molecular formula is C24H35N5O10. The van der Waals surface area contributed by atoms with E-state index in [0.29, 0.717) is 6.42 Å². The van der Waals surface area contributed by atoms with E-state index in [1.807, 2.05) is 0 Å². The second-order valence-corrected chi connectivity index (χ2v) is 9.36. The molecule has 0 saturated carbocycles. The van der Waals surface area contributed by atoms with E-state index in [-0.39, 0.29) is 84.1 Å². The molecule has 2 rings (SSSR count). The summed E-state index contributed by atoms with van der Waals surface area (Å²) in [6.07, 6.45) is 0.505. The zero-order valence-corrected chi connectivity index (χ0v) is 21.6. The average Bonchev–Trinajstić information content (AvgIpc) is 2.84. The van der Waals surface area contributed by atoms with Gasteiger partial charge in [0.15, 0.2) is 0 Å². The Kier molecular flexibility index (Phi) is 12.7. The van der Waals surface area contributed by atoms with E-state index in [1.54, 1.807) is 31.7 Å². The highest BCUT2D eigenvalue weighted by Gasteiger charge is 2.28. The van der Waals surface area contributed by atoms with Crippen LogP contribution in [0.5, 0.6) is 0 Å². The summed E-state index contributed by atoms with van der Waals surface area (Å²) in [5.74, 6) is -4.29. The largest absolute Gasteiger partial charge is 0.480 e. The number of aryl methyl sites for hydroxylation is 1. The number of hydrogen-bond donors (Lipinski definition) is 4. The number of rotatable bonds is 12. The van der Waals surface area contributed by atoms with E-state index in [2.05, 4.69) is 0 Å². The highest BCUT2D eigenvalue weighted by molar-refractivity contribution is 5.73. The van der Waals surface area contributed by atoms with Crippen LogP contribution in [0.25, 0.3) is 0 Å². The van der Waals surface area contributed by atoms with Crippen molar-refractivity contribution in [3.05, 3.63) is 39.9 Å². The molecule has 0 bridgehead atoms. The molecule has 1 atom stereocenters. The van der Waals surface area contributed by atoms with Crippen molar-refractivity contribution in [3.63, 3.8) is 0 Å². The number of carboxylic acids is 4. The summed E-state index contributed by atoms with van der Waals surface area (Å²) in [7, 11) is 0. The Balaban J connectivity index is 2.23. The first kappa shape index (κ1) is 31.6. The molecule has 0 amide bonds. The highest BCUT2D eigenvalue weighted by atomic mass is 16.6. The van der Waals surface area contributed by atoms with Crippen LogP contribution >= 0.6 is 0 Å². The SMILES string of the molecule is O=C(O)CN1CCN(CC(=O)O)CCN(C(CCc2ccc([N+](=O)[O-])cc2)C(=O)O)CCN(CC(=O)O)CC1. The molecule has 0 aromatic heterocycles. The average molecular weight is 554 g/mol. The predicted molar refractivity (Wildman–Crippen MR) is 137 cm³/mol. The Labute approximate surface area is 225 Å². The highest BCUT2D eigenvalue weighted by Crippen LogP contribution is 2.16. The van der Waals surface area contributed by atoms with Gasteiger partial charge in [0.05, 0.1) is 24.6 Å². The van der Waals surface area contributed by atoms with Gasteiger partial charge in [-0.3, -0.25) is 48.9 Å². The van der Waals surface area contributed by atoms with Gasteiger partial charge in [0, 0.05) is 64.5 Å². The Hall–Kier alpha value is -3.66. The van der Waals surface area contributed by atoms with E-state index < -0.39 is 34.8 Å². The van der Waals surface area contributed by atoms with Crippen molar-refractivity contribution in [2.75, 3.05) is 72.0 Å². The molecule has 1 heterocycles. The van der Waals surface area contributed by atoms with Crippen LogP contribution in [-0.2, 0) is 25.6 Å². The molecule has 1 fully saturated rings. The number of non-ortho nitro benzene ring substituents is 1. The van der Waals surface area contributed by atoms with Crippen LogP contribution in [0.1, 0.15) is 12.0 Å². The number of nitro groups is 1. The van der Waals surface area contributed by atoms with Crippen molar-refractivity contribution >= 4 is 29.6 Å². The summed E-state index contributed by atoms with van der Waals surface area (Å²) in [4.78, 5) is 63.4. The standard InChI is InChI=1S/C24H35N5O10/c30-21(31)15-25-7-9-26(16-22(32)33)11-13-28(14-12-27(10-8-25)17-23(34)35)20(24(36)37)6-3-18-1-4-19(5-2-18)29(38)39/h1-2,4-5,20H,3,6-17H2,(H,30,31)(H,32,33)(H,34,35)(H,36,37). The molecule has 1 saturated heterocycles. The first-order valence-corrected chi connectivity index (χ1v) is 12.5. The number of aliphatic carboxylic acids is 4. The molecule has 0 spiro atoms. The minimum Gasteiger partial charge on any atom is -0.480 e. The number of carboxylic acid groups (broad SMARTS) is 4. The molecule has 1 aromatic carbocycles. The molecule has 1 unspecified atom stereocenters. The van der Waals surface area contributed by atoms with Gasteiger partial charge in [-0.25, -0.2) is 0 Å².